The van der Waals surface area contributed by atoms with E-state index in [-0.39, 0.29) is 30.3 Å². The van der Waals surface area contributed by atoms with E-state index in [0.29, 0.717) is 37.0 Å². The maximum Gasteiger partial charge on any atom is 0.227 e. The van der Waals surface area contributed by atoms with Gasteiger partial charge in [-0.15, -0.1) is 12.4 Å². The van der Waals surface area contributed by atoms with E-state index in [1.165, 1.54) is 0 Å². The molecule has 0 spiro atoms. The molecule has 1 aromatic heterocycles. The molecule has 2 heterocycles. The molecular formula is C14H25ClN4O2. The summed E-state index contributed by atoms with van der Waals surface area (Å²) in [4.78, 5) is 18.4. The fourth-order valence-corrected chi connectivity index (χ4v) is 2.62. The monoisotopic (exact) mass is 316 g/mol. The van der Waals surface area contributed by atoms with Crippen molar-refractivity contribution in [3.63, 3.8) is 0 Å². The number of carbonyl (C=O) groups excluding carboxylic acids is 1. The van der Waals surface area contributed by atoms with Gasteiger partial charge in [-0.2, -0.15) is 4.98 Å². The Bertz CT molecular complexity index is 464. The number of nitrogens with two attached hydrogens (primary N) is 1. The molecule has 2 atom stereocenters. The number of rotatable bonds is 5. The molecule has 1 aliphatic rings. The van der Waals surface area contributed by atoms with Crippen LogP contribution in [0.1, 0.15) is 51.2 Å². The van der Waals surface area contributed by atoms with E-state index in [4.69, 9.17) is 10.3 Å². The first-order chi connectivity index (χ1) is 9.51. The van der Waals surface area contributed by atoms with Gasteiger partial charge in [-0.05, 0) is 25.8 Å². The lowest BCUT2D eigenvalue weighted by molar-refractivity contribution is -0.131. The minimum atomic E-state index is 0. The van der Waals surface area contributed by atoms with Crippen LogP contribution in [0.25, 0.3) is 0 Å². The van der Waals surface area contributed by atoms with Crippen molar-refractivity contribution in [1.82, 2.24) is 15.0 Å². The second-order valence-corrected chi connectivity index (χ2v) is 5.93. The summed E-state index contributed by atoms with van der Waals surface area (Å²) in [5, 5.41) is 3.90. The van der Waals surface area contributed by atoms with Crippen LogP contribution in [-0.4, -0.2) is 40.1 Å². The molecule has 0 aromatic carbocycles. The maximum atomic E-state index is 12.2. The van der Waals surface area contributed by atoms with Crippen molar-refractivity contribution in [3.8, 4) is 0 Å². The fraction of sp³-hybridized carbons (Fsp3) is 0.786. The molecule has 0 radical (unpaired) electrons. The van der Waals surface area contributed by atoms with Crippen molar-refractivity contribution in [2.75, 3.05) is 13.1 Å². The summed E-state index contributed by atoms with van der Waals surface area (Å²) in [6, 6.07) is 0.282. The second-order valence-electron chi connectivity index (χ2n) is 5.93. The highest BCUT2D eigenvalue weighted by Crippen LogP contribution is 2.23. The first-order valence-electron chi connectivity index (χ1n) is 7.33. The maximum absolute atomic E-state index is 12.2. The third-order valence-corrected chi connectivity index (χ3v) is 3.87. The molecule has 1 fully saturated rings. The topological polar surface area (TPSA) is 85.2 Å². The lowest BCUT2D eigenvalue weighted by Crippen LogP contribution is -2.34. The van der Waals surface area contributed by atoms with Crippen LogP contribution < -0.4 is 5.73 Å². The molecule has 0 saturated carbocycles. The molecule has 2 N–H and O–H groups in total. The Morgan fingerprint density at radius 1 is 1.52 bits per heavy atom. The summed E-state index contributed by atoms with van der Waals surface area (Å²) < 4.78 is 5.16. The standard InChI is InChI=1S/C14H24N4O2.ClH/c1-9(2)14-16-12(20-17-14)4-5-13(19)18-8-11(7-15)6-10(18)3;/h9-11H,4-8,15H2,1-3H3;1H. The number of carbonyl (C=O) groups is 1. The molecule has 0 aliphatic carbocycles. The highest BCUT2D eigenvalue weighted by atomic mass is 35.5. The van der Waals surface area contributed by atoms with Crippen LogP contribution in [-0.2, 0) is 11.2 Å². The Morgan fingerprint density at radius 2 is 2.24 bits per heavy atom. The molecule has 2 unspecified atom stereocenters. The van der Waals surface area contributed by atoms with E-state index < -0.39 is 0 Å². The van der Waals surface area contributed by atoms with Gasteiger partial charge in [0.1, 0.15) is 0 Å². The molecule has 7 heteroatoms. The molecule has 0 bridgehead atoms. The van der Waals surface area contributed by atoms with Gasteiger partial charge in [0.15, 0.2) is 5.82 Å². The summed E-state index contributed by atoms with van der Waals surface area (Å²) in [7, 11) is 0. The van der Waals surface area contributed by atoms with Gasteiger partial charge in [0.05, 0.1) is 0 Å². The Balaban J connectivity index is 0.00000220. The van der Waals surface area contributed by atoms with Crippen LogP contribution in [0.5, 0.6) is 0 Å². The van der Waals surface area contributed by atoms with Crippen LogP contribution in [0.3, 0.4) is 0 Å². The lowest BCUT2D eigenvalue weighted by atomic mass is 10.1. The minimum Gasteiger partial charge on any atom is -0.340 e. The van der Waals surface area contributed by atoms with E-state index in [2.05, 4.69) is 17.1 Å². The minimum absolute atomic E-state index is 0. The average molecular weight is 317 g/mol. The second kappa shape index (κ2) is 7.75. The van der Waals surface area contributed by atoms with Crippen molar-refractivity contribution in [3.05, 3.63) is 11.7 Å². The zero-order chi connectivity index (χ0) is 14.7. The summed E-state index contributed by atoms with van der Waals surface area (Å²) >= 11 is 0. The Morgan fingerprint density at radius 3 is 2.76 bits per heavy atom. The zero-order valence-electron chi connectivity index (χ0n) is 12.9. The predicted octanol–water partition coefficient (Wildman–Crippen LogP) is 1.74. The van der Waals surface area contributed by atoms with Gasteiger partial charge in [0.25, 0.3) is 0 Å². The van der Waals surface area contributed by atoms with Gasteiger partial charge in [0, 0.05) is 31.3 Å². The summed E-state index contributed by atoms with van der Waals surface area (Å²) in [6.07, 6.45) is 1.93. The highest BCUT2D eigenvalue weighted by Gasteiger charge is 2.31. The Kier molecular flexibility index (Phi) is 6.61. The number of likely N-dealkylation sites (tertiary alicyclic amines) is 1. The van der Waals surface area contributed by atoms with Crippen molar-refractivity contribution < 1.29 is 9.32 Å². The van der Waals surface area contributed by atoms with Crippen molar-refractivity contribution in [2.45, 2.75) is 52.0 Å². The average Bonchev–Trinajstić information content (AvgIpc) is 3.02. The third-order valence-electron chi connectivity index (χ3n) is 3.87. The van der Waals surface area contributed by atoms with Crippen LogP contribution in [0.15, 0.2) is 4.52 Å². The third kappa shape index (κ3) is 4.41. The number of amides is 1. The normalized spacial score (nSPS) is 21.7. The van der Waals surface area contributed by atoms with E-state index in [1.807, 2.05) is 18.7 Å². The summed E-state index contributed by atoms with van der Waals surface area (Å²) in [5.74, 6) is 2.07. The molecule has 6 nitrogen and oxygen atoms in total. The van der Waals surface area contributed by atoms with Gasteiger partial charge in [-0.3, -0.25) is 4.79 Å². The Hall–Kier alpha value is -1.14. The number of hydrogen-bond acceptors (Lipinski definition) is 5. The fourth-order valence-electron chi connectivity index (χ4n) is 2.62. The molecule has 21 heavy (non-hydrogen) atoms. The molecule has 1 aromatic rings. The molecular weight excluding hydrogens is 292 g/mol. The quantitative estimate of drug-likeness (QED) is 0.894. The zero-order valence-corrected chi connectivity index (χ0v) is 13.7. The number of nitrogens with zero attached hydrogens (tertiary/aromatic N) is 3. The number of aromatic nitrogens is 2. The summed E-state index contributed by atoms with van der Waals surface area (Å²) in [5.41, 5.74) is 5.68. The van der Waals surface area contributed by atoms with Crippen molar-refractivity contribution >= 4 is 18.3 Å². The van der Waals surface area contributed by atoms with Crippen molar-refractivity contribution in [1.29, 1.82) is 0 Å². The van der Waals surface area contributed by atoms with Crippen LogP contribution in [0.4, 0.5) is 0 Å². The van der Waals surface area contributed by atoms with E-state index in [0.717, 1.165) is 13.0 Å². The van der Waals surface area contributed by atoms with Gasteiger partial charge < -0.3 is 15.2 Å². The first kappa shape index (κ1) is 17.9. The molecule has 1 amide bonds. The smallest absolute Gasteiger partial charge is 0.227 e. The highest BCUT2D eigenvalue weighted by molar-refractivity contribution is 5.85. The molecule has 120 valence electrons. The summed E-state index contributed by atoms with van der Waals surface area (Å²) in [6.45, 7) is 7.53. The first-order valence-corrected chi connectivity index (χ1v) is 7.33. The SMILES string of the molecule is CC(C)c1noc(CCC(=O)N2CC(CN)CC2C)n1.Cl. The largest absolute Gasteiger partial charge is 0.340 e. The predicted molar refractivity (Wildman–Crippen MR) is 82.3 cm³/mol. The van der Waals surface area contributed by atoms with E-state index in [1.54, 1.807) is 0 Å². The molecule has 2 rings (SSSR count). The number of hydrogen-bond donors (Lipinski definition) is 1. The van der Waals surface area contributed by atoms with Gasteiger partial charge >= 0.3 is 0 Å². The van der Waals surface area contributed by atoms with Gasteiger partial charge in [0.2, 0.25) is 11.8 Å². The number of halogens is 1. The Labute approximate surface area is 131 Å². The van der Waals surface area contributed by atoms with Gasteiger partial charge in [-0.1, -0.05) is 19.0 Å². The van der Waals surface area contributed by atoms with E-state index >= 15 is 0 Å². The molecule has 1 aliphatic heterocycles. The van der Waals surface area contributed by atoms with Gasteiger partial charge in [-0.25, -0.2) is 0 Å². The number of aryl methyl sites for hydroxylation is 1. The van der Waals surface area contributed by atoms with Crippen LogP contribution in [0.2, 0.25) is 0 Å². The van der Waals surface area contributed by atoms with E-state index in [9.17, 15) is 4.79 Å². The van der Waals surface area contributed by atoms with Crippen molar-refractivity contribution in [2.24, 2.45) is 11.7 Å². The lowest BCUT2D eigenvalue weighted by Gasteiger charge is -2.21. The van der Waals surface area contributed by atoms with Crippen LogP contribution >= 0.6 is 12.4 Å². The molecule has 1 saturated heterocycles. The van der Waals surface area contributed by atoms with Crippen LogP contribution in [0, 0.1) is 5.92 Å².